The molecule has 1 unspecified atom stereocenters. The molecule has 1 aliphatic heterocycles. The van der Waals surface area contributed by atoms with Gasteiger partial charge in [0.2, 0.25) is 0 Å². The summed E-state index contributed by atoms with van der Waals surface area (Å²) in [6, 6.07) is -1.29. The largest absolute Gasteiger partial charge is 0.357 e. The Morgan fingerprint density at radius 1 is 1.38 bits per heavy atom. The summed E-state index contributed by atoms with van der Waals surface area (Å²) >= 11 is 11.0. The molecular weight excluding hydrogens is 215 g/mol. The van der Waals surface area contributed by atoms with E-state index in [0.717, 1.165) is 4.42 Å². The lowest BCUT2D eigenvalue weighted by atomic mass is 10.0. The third-order valence-electron chi connectivity index (χ3n) is 1.80. The van der Waals surface area contributed by atoms with Crippen LogP contribution in [0.25, 0.3) is 0 Å². The van der Waals surface area contributed by atoms with Crippen LogP contribution in [0.15, 0.2) is 0 Å². The van der Waals surface area contributed by atoms with E-state index in [1.165, 1.54) is 0 Å². The Morgan fingerprint density at radius 3 is 2.23 bits per heavy atom. The fourth-order valence-electron chi connectivity index (χ4n) is 1.18. The fourth-order valence-corrected chi connectivity index (χ4v) is 1.65. The van der Waals surface area contributed by atoms with Gasteiger partial charge in [-0.3, -0.25) is 4.79 Å². The molecule has 1 saturated heterocycles. The Labute approximate surface area is 86.6 Å². The van der Waals surface area contributed by atoms with Crippen LogP contribution in [0, 0.1) is 5.92 Å². The van der Waals surface area contributed by atoms with Gasteiger partial charge in [-0.2, -0.15) is 4.42 Å². The van der Waals surface area contributed by atoms with E-state index in [1.54, 1.807) is 0 Å². The molecule has 0 aliphatic carbocycles. The molecule has 0 spiro atoms. The van der Waals surface area contributed by atoms with Gasteiger partial charge in [0.25, 0.3) is 5.91 Å². The number of carbonyl (C=O) groups is 2. The summed E-state index contributed by atoms with van der Waals surface area (Å²) in [5.74, 6) is -0.165. The highest BCUT2D eigenvalue weighted by Crippen LogP contribution is 2.25. The fraction of sp³-hybridized carbons (Fsp3) is 0.714. The van der Waals surface area contributed by atoms with E-state index in [2.05, 4.69) is 0 Å². The van der Waals surface area contributed by atoms with Gasteiger partial charge in [-0.15, -0.1) is 0 Å². The molecular formula is C7H10Cl2N2O2. The summed E-state index contributed by atoms with van der Waals surface area (Å²) in [5.41, 5.74) is 0. The molecule has 0 aromatic carbocycles. The van der Waals surface area contributed by atoms with Gasteiger partial charge in [-0.05, 0) is 12.3 Å². The van der Waals surface area contributed by atoms with Gasteiger partial charge < -0.3 is 0 Å². The van der Waals surface area contributed by atoms with Gasteiger partial charge in [0.15, 0.2) is 0 Å². The molecule has 6 heteroatoms. The van der Waals surface area contributed by atoms with Crippen molar-refractivity contribution in [3.63, 3.8) is 0 Å². The minimum absolute atomic E-state index is 0.283. The summed E-state index contributed by atoms with van der Waals surface area (Å²) in [4.78, 5) is 22.4. The number of amides is 3. The van der Waals surface area contributed by atoms with Crippen LogP contribution < -0.4 is 0 Å². The van der Waals surface area contributed by atoms with Crippen LogP contribution in [0.5, 0.6) is 0 Å². The normalized spacial score (nSPS) is 23.6. The standard InChI is InChI=1S/C7H10Cl2N2O2/c1-4(2)3-5-6(12)11(9)7(13)10(5)8/h4-5H,3H2,1-2H3. The Hall–Kier alpha value is -0.480. The molecule has 0 bridgehead atoms. The summed E-state index contributed by atoms with van der Waals surface area (Å²) in [5, 5.41) is 0. The van der Waals surface area contributed by atoms with E-state index in [4.69, 9.17) is 23.6 Å². The SMILES string of the molecule is CC(C)CC1C(=O)N(Cl)C(=O)N1Cl. The molecule has 13 heavy (non-hydrogen) atoms. The number of hydrogen-bond donors (Lipinski definition) is 0. The molecule has 0 saturated carbocycles. The van der Waals surface area contributed by atoms with Crippen molar-refractivity contribution in [1.29, 1.82) is 0 Å². The summed E-state index contributed by atoms with van der Waals surface area (Å²) < 4.78 is 1.38. The molecule has 1 atom stereocenters. The molecule has 0 N–H and O–H groups in total. The van der Waals surface area contributed by atoms with Gasteiger partial charge in [0.05, 0.1) is 0 Å². The van der Waals surface area contributed by atoms with Crippen LogP contribution >= 0.6 is 23.6 Å². The van der Waals surface area contributed by atoms with E-state index in [-0.39, 0.29) is 5.92 Å². The molecule has 0 aromatic rings. The molecule has 4 nitrogen and oxygen atoms in total. The van der Waals surface area contributed by atoms with Gasteiger partial charge >= 0.3 is 6.03 Å². The lowest BCUT2D eigenvalue weighted by Gasteiger charge is -2.14. The van der Waals surface area contributed by atoms with Crippen molar-refractivity contribution in [1.82, 2.24) is 8.84 Å². The zero-order valence-electron chi connectivity index (χ0n) is 7.33. The van der Waals surface area contributed by atoms with Gasteiger partial charge in [0.1, 0.15) is 6.04 Å². The van der Waals surface area contributed by atoms with Crippen LogP contribution in [0.3, 0.4) is 0 Å². The van der Waals surface area contributed by atoms with Crippen LogP contribution in [0.2, 0.25) is 0 Å². The monoisotopic (exact) mass is 224 g/mol. The molecule has 1 rings (SSSR count). The van der Waals surface area contributed by atoms with Crippen molar-refractivity contribution in [3.05, 3.63) is 0 Å². The smallest absolute Gasteiger partial charge is 0.271 e. The second-order valence-electron chi connectivity index (χ2n) is 3.36. The van der Waals surface area contributed by atoms with Crippen molar-refractivity contribution in [2.45, 2.75) is 26.3 Å². The molecule has 1 aliphatic rings. The number of imide groups is 1. The maximum Gasteiger partial charge on any atom is 0.357 e. The lowest BCUT2D eigenvalue weighted by Crippen LogP contribution is -2.28. The second kappa shape index (κ2) is 3.72. The highest BCUT2D eigenvalue weighted by atomic mass is 35.5. The Bertz CT molecular complexity index is 245. The van der Waals surface area contributed by atoms with E-state index >= 15 is 0 Å². The van der Waals surface area contributed by atoms with Gasteiger partial charge in [0, 0.05) is 23.6 Å². The average molecular weight is 225 g/mol. The maximum atomic E-state index is 11.3. The number of carbonyl (C=O) groups excluding carboxylic acids is 2. The molecule has 0 aromatic heterocycles. The Kier molecular flexibility index (Phi) is 3.03. The zero-order valence-corrected chi connectivity index (χ0v) is 8.84. The van der Waals surface area contributed by atoms with Crippen molar-refractivity contribution < 1.29 is 9.59 Å². The number of urea groups is 1. The molecule has 1 fully saturated rings. The zero-order chi connectivity index (χ0) is 10.2. The minimum atomic E-state index is -0.668. The lowest BCUT2D eigenvalue weighted by molar-refractivity contribution is -0.125. The van der Waals surface area contributed by atoms with Crippen LogP contribution in [0.1, 0.15) is 20.3 Å². The van der Waals surface area contributed by atoms with Gasteiger partial charge in [-0.25, -0.2) is 9.21 Å². The number of hydrogen-bond acceptors (Lipinski definition) is 2. The minimum Gasteiger partial charge on any atom is -0.271 e. The Balaban J connectivity index is 2.75. The van der Waals surface area contributed by atoms with Crippen LogP contribution in [0.4, 0.5) is 4.79 Å². The van der Waals surface area contributed by atoms with E-state index in [1.807, 2.05) is 13.8 Å². The number of halogens is 2. The second-order valence-corrected chi connectivity index (χ2v) is 4.06. The van der Waals surface area contributed by atoms with Crippen molar-refractivity contribution in [2.24, 2.45) is 5.92 Å². The molecule has 3 amide bonds. The number of nitrogens with zero attached hydrogens (tertiary/aromatic N) is 2. The van der Waals surface area contributed by atoms with Crippen molar-refractivity contribution in [3.8, 4) is 0 Å². The van der Waals surface area contributed by atoms with E-state index < -0.39 is 18.0 Å². The predicted octanol–water partition coefficient (Wildman–Crippen LogP) is 1.97. The summed E-state index contributed by atoms with van der Waals surface area (Å²) in [7, 11) is 0. The van der Waals surface area contributed by atoms with Crippen LogP contribution in [-0.2, 0) is 4.79 Å². The first-order chi connectivity index (χ1) is 5.95. The quantitative estimate of drug-likeness (QED) is 0.532. The van der Waals surface area contributed by atoms with E-state index in [9.17, 15) is 9.59 Å². The summed E-state index contributed by atoms with van der Waals surface area (Å²) in [6.07, 6.45) is 0.525. The molecule has 1 heterocycles. The van der Waals surface area contributed by atoms with Crippen molar-refractivity contribution in [2.75, 3.05) is 0 Å². The first-order valence-corrected chi connectivity index (χ1v) is 4.61. The third-order valence-corrected chi connectivity index (χ3v) is 2.49. The first-order valence-electron chi connectivity index (χ1n) is 3.94. The number of rotatable bonds is 2. The van der Waals surface area contributed by atoms with Gasteiger partial charge in [-0.1, -0.05) is 13.8 Å². The van der Waals surface area contributed by atoms with E-state index in [0.29, 0.717) is 10.8 Å². The van der Waals surface area contributed by atoms with Crippen molar-refractivity contribution >= 4 is 35.5 Å². The highest BCUT2D eigenvalue weighted by molar-refractivity contribution is 6.38. The van der Waals surface area contributed by atoms with Crippen LogP contribution in [-0.4, -0.2) is 26.8 Å². The third kappa shape index (κ3) is 1.89. The average Bonchev–Trinajstić information content (AvgIpc) is 2.22. The molecule has 0 radical (unpaired) electrons. The highest BCUT2D eigenvalue weighted by Gasteiger charge is 2.44. The molecule has 74 valence electrons. The predicted molar refractivity (Wildman–Crippen MR) is 49.0 cm³/mol. The maximum absolute atomic E-state index is 11.3. The first kappa shape index (κ1) is 10.6. The Morgan fingerprint density at radius 2 is 1.92 bits per heavy atom. The summed E-state index contributed by atoms with van der Waals surface area (Å²) in [6.45, 7) is 3.89. The topological polar surface area (TPSA) is 40.6 Å².